The van der Waals surface area contributed by atoms with Crippen molar-refractivity contribution in [3.05, 3.63) is 53.0 Å². The van der Waals surface area contributed by atoms with Gasteiger partial charge in [-0.2, -0.15) is 0 Å². The van der Waals surface area contributed by atoms with Crippen LogP contribution in [-0.2, 0) is 0 Å². The fourth-order valence-corrected chi connectivity index (χ4v) is 3.13. The van der Waals surface area contributed by atoms with Crippen LogP contribution >= 0.6 is 11.3 Å². The molecule has 0 saturated carbocycles. The summed E-state index contributed by atoms with van der Waals surface area (Å²) in [6.07, 6.45) is 0. The van der Waals surface area contributed by atoms with E-state index in [1.807, 2.05) is 48.7 Å². The Hall–Kier alpha value is -2.20. The van der Waals surface area contributed by atoms with Crippen LogP contribution in [0.25, 0.3) is 21.3 Å². The van der Waals surface area contributed by atoms with Crippen molar-refractivity contribution in [3.63, 3.8) is 0 Å². The zero-order chi connectivity index (χ0) is 13.4. The molecule has 0 saturated heterocycles. The van der Waals surface area contributed by atoms with E-state index < -0.39 is 5.91 Å². The number of primary amides is 1. The van der Waals surface area contributed by atoms with Crippen LogP contribution < -0.4 is 5.73 Å². The van der Waals surface area contributed by atoms with Crippen molar-refractivity contribution in [1.29, 1.82) is 0 Å². The van der Waals surface area contributed by atoms with E-state index >= 15 is 0 Å². The van der Waals surface area contributed by atoms with E-state index in [0.717, 1.165) is 21.3 Å². The number of hydrogen-bond donors (Lipinski definition) is 1. The number of rotatable bonds is 2. The second-order valence-corrected chi connectivity index (χ2v) is 5.21. The van der Waals surface area contributed by atoms with Crippen molar-refractivity contribution >= 4 is 27.5 Å². The van der Waals surface area contributed by atoms with Crippen molar-refractivity contribution in [2.24, 2.45) is 5.73 Å². The number of aryl methyl sites for hydroxylation is 1. The summed E-state index contributed by atoms with van der Waals surface area (Å²) >= 11 is 1.57. The van der Waals surface area contributed by atoms with Crippen LogP contribution in [0.5, 0.6) is 0 Å². The maximum absolute atomic E-state index is 11.8. The van der Waals surface area contributed by atoms with Crippen LogP contribution in [0.1, 0.15) is 16.1 Å². The van der Waals surface area contributed by atoms with Gasteiger partial charge >= 0.3 is 0 Å². The van der Waals surface area contributed by atoms with Crippen LogP contribution in [0.2, 0.25) is 0 Å². The number of benzene rings is 1. The molecule has 0 unspecified atom stereocenters. The maximum Gasteiger partial charge on any atom is 0.251 e. The van der Waals surface area contributed by atoms with Gasteiger partial charge in [0.2, 0.25) is 0 Å². The molecule has 0 aliphatic carbocycles. The van der Waals surface area contributed by atoms with Crippen LogP contribution in [0, 0.1) is 6.92 Å². The van der Waals surface area contributed by atoms with Gasteiger partial charge in [-0.25, -0.2) is 4.98 Å². The zero-order valence-electron chi connectivity index (χ0n) is 10.4. The molecule has 0 atom stereocenters. The van der Waals surface area contributed by atoms with E-state index in [9.17, 15) is 4.79 Å². The van der Waals surface area contributed by atoms with Gasteiger partial charge in [0.05, 0.1) is 11.3 Å². The summed E-state index contributed by atoms with van der Waals surface area (Å²) in [5, 5.41) is 2.96. The van der Waals surface area contributed by atoms with E-state index in [0.29, 0.717) is 11.3 Å². The highest BCUT2D eigenvalue weighted by atomic mass is 32.1. The van der Waals surface area contributed by atoms with Crippen molar-refractivity contribution in [2.75, 3.05) is 0 Å². The quantitative estimate of drug-likeness (QED) is 0.774. The third-order valence-electron chi connectivity index (χ3n) is 3.10. The molecule has 4 heteroatoms. The smallest absolute Gasteiger partial charge is 0.251 e. The van der Waals surface area contributed by atoms with E-state index in [2.05, 4.69) is 4.98 Å². The monoisotopic (exact) mass is 268 g/mol. The predicted octanol–water partition coefficient (Wildman–Crippen LogP) is 3.37. The molecule has 0 bridgehead atoms. The summed E-state index contributed by atoms with van der Waals surface area (Å²) in [4.78, 5) is 17.2. The molecule has 0 fully saturated rings. The van der Waals surface area contributed by atoms with Gasteiger partial charge in [-0.05, 0) is 23.9 Å². The van der Waals surface area contributed by atoms with Gasteiger partial charge in [0, 0.05) is 10.9 Å². The number of amides is 1. The Morgan fingerprint density at radius 3 is 2.63 bits per heavy atom. The summed E-state index contributed by atoms with van der Waals surface area (Å²) in [6.45, 7) is 1.83. The number of carbonyl (C=O) groups is 1. The summed E-state index contributed by atoms with van der Waals surface area (Å²) in [6, 6.07) is 11.8. The molecule has 0 spiro atoms. The first kappa shape index (κ1) is 11.9. The number of thiophene rings is 1. The molecule has 3 nitrogen and oxygen atoms in total. The Balaban J connectivity index is 2.46. The maximum atomic E-state index is 11.8. The first-order valence-corrected chi connectivity index (χ1v) is 6.79. The average molecular weight is 268 g/mol. The highest BCUT2D eigenvalue weighted by Crippen LogP contribution is 2.34. The number of nitrogens with zero attached hydrogens (tertiary/aromatic N) is 1. The molecule has 2 heterocycles. The van der Waals surface area contributed by atoms with Gasteiger partial charge in [0.1, 0.15) is 4.83 Å². The zero-order valence-corrected chi connectivity index (χ0v) is 11.2. The second-order valence-electron chi connectivity index (χ2n) is 4.32. The molecule has 1 amide bonds. The van der Waals surface area contributed by atoms with Crippen molar-refractivity contribution < 1.29 is 4.79 Å². The lowest BCUT2D eigenvalue weighted by Gasteiger charge is -2.11. The number of hydrogen-bond acceptors (Lipinski definition) is 3. The first-order chi connectivity index (χ1) is 9.18. The Kier molecular flexibility index (Phi) is 2.80. The fraction of sp³-hybridized carbons (Fsp3) is 0.0667. The molecule has 0 aliphatic heterocycles. The molecule has 2 N–H and O–H groups in total. The normalized spacial score (nSPS) is 10.8. The minimum absolute atomic E-state index is 0.433. The van der Waals surface area contributed by atoms with E-state index in [-0.39, 0.29) is 0 Å². The van der Waals surface area contributed by atoms with Gasteiger partial charge < -0.3 is 5.73 Å². The lowest BCUT2D eigenvalue weighted by Crippen LogP contribution is -2.15. The Morgan fingerprint density at radius 2 is 1.95 bits per heavy atom. The van der Waals surface area contributed by atoms with E-state index in [4.69, 9.17) is 5.73 Å². The molecule has 1 aromatic carbocycles. The predicted molar refractivity (Wildman–Crippen MR) is 78.3 cm³/mol. The first-order valence-electron chi connectivity index (χ1n) is 5.91. The van der Waals surface area contributed by atoms with Crippen molar-refractivity contribution in [1.82, 2.24) is 4.98 Å². The van der Waals surface area contributed by atoms with Gasteiger partial charge in [-0.1, -0.05) is 30.3 Å². The average Bonchev–Trinajstić information content (AvgIpc) is 2.85. The SMILES string of the molecule is Cc1nc2sccc2c(-c2ccccc2)c1C(N)=O. The number of carbonyl (C=O) groups excluding carboxylic acids is 1. The number of fused-ring (bicyclic) bond motifs is 1. The van der Waals surface area contributed by atoms with Crippen LogP contribution in [0.3, 0.4) is 0 Å². The number of aromatic nitrogens is 1. The molecule has 2 aromatic heterocycles. The van der Waals surface area contributed by atoms with Crippen LogP contribution in [0.4, 0.5) is 0 Å². The summed E-state index contributed by atoms with van der Waals surface area (Å²) in [7, 11) is 0. The molecule has 0 radical (unpaired) electrons. The van der Waals surface area contributed by atoms with Gasteiger partial charge in [-0.3, -0.25) is 4.79 Å². The van der Waals surface area contributed by atoms with E-state index in [1.54, 1.807) is 11.3 Å². The van der Waals surface area contributed by atoms with Crippen LogP contribution in [0.15, 0.2) is 41.8 Å². The standard InChI is InChI=1S/C15H12N2OS/c1-9-12(14(16)18)13(10-5-3-2-4-6-10)11-7-8-19-15(11)17-9/h2-8H,1H3,(H2,16,18). The van der Waals surface area contributed by atoms with Crippen LogP contribution in [-0.4, -0.2) is 10.9 Å². The second kappa shape index (κ2) is 4.48. The van der Waals surface area contributed by atoms with Gasteiger partial charge in [-0.15, -0.1) is 11.3 Å². The lowest BCUT2D eigenvalue weighted by atomic mass is 9.96. The molecular weight excluding hydrogens is 256 g/mol. The minimum atomic E-state index is -0.433. The molecular formula is C15H12N2OS. The molecule has 94 valence electrons. The molecule has 19 heavy (non-hydrogen) atoms. The highest BCUT2D eigenvalue weighted by molar-refractivity contribution is 7.16. The third-order valence-corrected chi connectivity index (χ3v) is 3.91. The van der Waals surface area contributed by atoms with Gasteiger partial charge in [0.25, 0.3) is 5.91 Å². The molecule has 0 aliphatic rings. The topological polar surface area (TPSA) is 56.0 Å². The Morgan fingerprint density at radius 1 is 1.21 bits per heavy atom. The lowest BCUT2D eigenvalue weighted by molar-refractivity contribution is 0.1000. The van der Waals surface area contributed by atoms with E-state index in [1.165, 1.54) is 0 Å². The summed E-state index contributed by atoms with van der Waals surface area (Å²) < 4.78 is 0. The number of pyridine rings is 1. The third kappa shape index (κ3) is 1.90. The molecule has 3 rings (SSSR count). The Bertz CT molecular complexity index is 762. The summed E-state index contributed by atoms with van der Waals surface area (Å²) in [5.74, 6) is -0.433. The largest absolute Gasteiger partial charge is 0.366 e. The van der Waals surface area contributed by atoms with Gasteiger partial charge in [0.15, 0.2) is 0 Å². The minimum Gasteiger partial charge on any atom is -0.366 e. The van der Waals surface area contributed by atoms with Crippen molar-refractivity contribution in [2.45, 2.75) is 6.92 Å². The number of nitrogens with two attached hydrogens (primary N) is 1. The highest BCUT2D eigenvalue weighted by Gasteiger charge is 2.18. The molecule has 3 aromatic rings. The van der Waals surface area contributed by atoms with Crippen molar-refractivity contribution in [3.8, 4) is 11.1 Å². The summed E-state index contributed by atoms with van der Waals surface area (Å²) in [5.41, 5.74) is 8.61. The Labute approximate surface area is 114 Å². The fourth-order valence-electron chi connectivity index (χ4n) is 2.31.